The highest BCUT2D eigenvalue weighted by Crippen LogP contribution is 2.49. The topological polar surface area (TPSA) is 75.7 Å². The highest BCUT2D eigenvalue weighted by atomic mass is 16.5. The number of hydrogen-bond donors (Lipinski definition) is 2. The van der Waals surface area contributed by atoms with Crippen molar-refractivity contribution in [1.29, 1.82) is 0 Å². The molecule has 5 rings (SSSR count). The molecule has 7 heteroatoms. The molecule has 1 saturated carbocycles. The van der Waals surface area contributed by atoms with E-state index in [0.29, 0.717) is 6.04 Å². The Balaban J connectivity index is 1.31. The summed E-state index contributed by atoms with van der Waals surface area (Å²) in [5, 5.41) is 7.21. The fourth-order valence-corrected chi connectivity index (χ4v) is 5.94. The molecule has 2 aromatic carbocycles. The Bertz CT molecular complexity index is 1190. The predicted molar refractivity (Wildman–Crippen MR) is 134 cm³/mol. The molecule has 1 aliphatic carbocycles. The summed E-state index contributed by atoms with van der Waals surface area (Å²) in [6, 6.07) is 16.3. The lowest BCUT2D eigenvalue weighted by molar-refractivity contribution is 0.156. The van der Waals surface area contributed by atoms with Gasteiger partial charge in [-0.05, 0) is 69.1 Å². The van der Waals surface area contributed by atoms with Gasteiger partial charge in [0, 0.05) is 29.1 Å². The van der Waals surface area contributed by atoms with Crippen molar-refractivity contribution in [3.8, 4) is 11.5 Å². The SMILES string of the molecule is COc1ccc([C@@]23CC[C@H](NC(=O)Nc4ccnc5ccccc45)C[C@H]2N(C)CC3)cc1OC. The molecule has 0 bridgehead atoms. The van der Waals surface area contributed by atoms with Gasteiger partial charge in [-0.1, -0.05) is 24.3 Å². The number of urea groups is 1. The number of carbonyl (C=O) groups excluding carboxylic acids is 1. The van der Waals surface area contributed by atoms with Crippen LogP contribution < -0.4 is 20.1 Å². The van der Waals surface area contributed by atoms with Gasteiger partial charge in [-0.3, -0.25) is 4.98 Å². The number of aromatic nitrogens is 1. The summed E-state index contributed by atoms with van der Waals surface area (Å²) in [5.41, 5.74) is 3.00. The Morgan fingerprint density at radius 3 is 2.74 bits per heavy atom. The van der Waals surface area contributed by atoms with Crippen LogP contribution in [0.3, 0.4) is 0 Å². The van der Waals surface area contributed by atoms with Crippen LogP contribution in [0, 0.1) is 0 Å². The van der Waals surface area contributed by atoms with Crippen LogP contribution in [0.5, 0.6) is 11.5 Å². The molecular formula is C27H32N4O3. The average Bonchev–Trinajstić information content (AvgIpc) is 3.20. The van der Waals surface area contributed by atoms with Crippen LogP contribution in [-0.2, 0) is 5.41 Å². The van der Waals surface area contributed by atoms with Crippen LogP contribution in [0.15, 0.2) is 54.7 Å². The molecule has 1 aromatic heterocycles. The predicted octanol–water partition coefficient (Wildman–Crippen LogP) is 4.57. The van der Waals surface area contributed by atoms with Gasteiger partial charge in [-0.15, -0.1) is 0 Å². The quantitative estimate of drug-likeness (QED) is 0.584. The number of amides is 2. The number of likely N-dealkylation sites (N-methyl/N-ethyl adjacent to an activating group) is 1. The maximum atomic E-state index is 12.9. The molecule has 2 aliphatic rings. The number of benzene rings is 2. The molecule has 0 spiro atoms. The molecule has 34 heavy (non-hydrogen) atoms. The van der Waals surface area contributed by atoms with Crippen LogP contribution in [0.4, 0.5) is 10.5 Å². The van der Waals surface area contributed by atoms with Crippen LogP contribution in [0.1, 0.15) is 31.2 Å². The van der Waals surface area contributed by atoms with Gasteiger partial charge in [-0.2, -0.15) is 0 Å². The van der Waals surface area contributed by atoms with E-state index in [4.69, 9.17) is 9.47 Å². The van der Waals surface area contributed by atoms with Crippen LogP contribution in [-0.4, -0.2) is 55.8 Å². The third kappa shape index (κ3) is 3.94. The fourth-order valence-electron chi connectivity index (χ4n) is 5.94. The van der Waals surface area contributed by atoms with Gasteiger partial charge in [0.15, 0.2) is 11.5 Å². The molecule has 2 N–H and O–H groups in total. The van der Waals surface area contributed by atoms with E-state index >= 15 is 0 Å². The zero-order valence-corrected chi connectivity index (χ0v) is 20.0. The van der Waals surface area contributed by atoms with Crippen LogP contribution >= 0.6 is 0 Å². The normalized spacial score (nSPS) is 24.4. The second-order valence-corrected chi connectivity index (χ2v) is 9.42. The molecule has 178 valence electrons. The van der Waals surface area contributed by atoms with E-state index in [1.807, 2.05) is 36.4 Å². The number of carbonyl (C=O) groups is 1. The third-order valence-corrected chi connectivity index (χ3v) is 7.72. The molecule has 7 nitrogen and oxygen atoms in total. The summed E-state index contributed by atoms with van der Waals surface area (Å²) < 4.78 is 11.0. The number of pyridine rings is 1. The Labute approximate surface area is 200 Å². The van der Waals surface area contributed by atoms with Crippen molar-refractivity contribution in [3.05, 3.63) is 60.3 Å². The smallest absolute Gasteiger partial charge is 0.319 e. The fraction of sp³-hybridized carbons (Fsp3) is 0.407. The maximum absolute atomic E-state index is 12.9. The molecule has 2 amide bonds. The highest BCUT2D eigenvalue weighted by Gasteiger charge is 2.50. The van der Waals surface area contributed by atoms with Crippen molar-refractivity contribution in [2.45, 2.75) is 43.2 Å². The summed E-state index contributed by atoms with van der Waals surface area (Å²) >= 11 is 0. The van der Waals surface area contributed by atoms with Gasteiger partial charge in [0.2, 0.25) is 0 Å². The number of fused-ring (bicyclic) bond motifs is 2. The second kappa shape index (κ2) is 9.14. The first-order valence-electron chi connectivity index (χ1n) is 11.9. The highest BCUT2D eigenvalue weighted by molar-refractivity contribution is 6.00. The lowest BCUT2D eigenvalue weighted by atomic mass is 9.65. The van der Waals surface area contributed by atoms with Crippen molar-refractivity contribution in [2.24, 2.45) is 0 Å². The number of para-hydroxylation sites is 1. The van der Waals surface area contributed by atoms with E-state index in [1.54, 1.807) is 20.4 Å². The van der Waals surface area contributed by atoms with Gasteiger partial charge < -0.3 is 25.0 Å². The average molecular weight is 461 g/mol. The van der Waals surface area contributed by atoms with Gasteiger partial charge in [-0.25, -0.2) is 4.79 Å². The standard InChI is InChI=1S/C27H32N4O3/c1-31-15-13-27(18-8-9-23(33-2)24(16-18)34-3)12-10-19(17-25(27)31)29-26(32)30-22-11-14-28-21-7-5-4-6-20(21)22/h4-9,11,14,16,19,25H,10,12-13,15,17H2,1-3H3,(H2,28,29,30,32)/t19-,25+,27-/m0/s1. The van der Waals surface area contributed by atoms with Gasteiger partial charge in [0.25, 0.3) is 0 Å². The van der Waals surface area contributed by atoms with Crippen molar-refractivity contribution < 1.29 is 14.3 Å². The van der Waals surface area contributed by atoms with E-state index in [-0.39, 0.29) is 17.5 Å². The van der Waals surface area contributed by atoms with Crippen molar-refractivity contribution >= 4 is 22.6 Å². The Morgan fingerprint density at radius 2 is 1.91 bits per heavy atom. The minimum atomic E-state index is -0.166. The molecule has 2 fully saturated rings. The first-order valence-corrected chi connectivity index (χ1v) is 11.9. The number of nitrogens with zero attached hydrogens (tertiary/aromatic N) is 2. The lowest BCUT2D eigenvalue weighted by Crippen LogP contribution is -2.52. The first-order chi connectivity index (χ1) is 16.5. The van der Waals surface area contributed by atoms with Crippen molar-refractivity contribution in [3.63, 3.8) is 0 Å². The summed E-state index contributed by atoms with van der Waals surface area (Å²) in [4.78, 5) is 19.7. The van der Waals surface area contributed by atoms with Crippen molar-refractivity contribution in [1.82, 2.24) is 15.2 Å². The number of anilines is 1. The summed E-state index contributed by atoms with van der Waals surface area (Å²) in [6.07, 6.45) is 5.69. The molecule has 2 heterocycles. The molecule has 1 saturated heterocycles. The number of ether oxygens (including phenoxy) is 2. The molecule has 0 radical (unpaired) electrons. The second-order valence-electron chi connectivity index (χ2n) is 9.42. The molecule has 1 aliphatic heterocycles. The summed E-state index contributed by atoms with van der Waals surface area (Å²) in [5.74, 6) is 1.52. The van der Waals surface area contributed by atoms with E-state index < -0.39 is 0 Å². The number of rotatable bonds is 5. The van der Waals surface area contributed by atoms with Crippen LogP contribution in [0.25, 0.3) is 10.9 Å². The van der Waals surface area contributed by atoms with E-state index in [0.717, 1.165) is 60.3 Å². The number of methoxy groups -OCH3 is 2. The van der Waals surface area contributed by atoms with Gasteiger partial charge in [0.1, 0.15) is 0 Å². The Morgan fingerprint density at radius 1 is 1.09 bits per heavy atom. The Kier molecular flexibility index (Phi) is 6.04. The van der Waals surface area contributed by atoms with Crippen LogP contribution in [0.2, 0.25) is 0 Å². The largest absolute Gasteiger partial charge is 0.493 e. The van der Waals surface area contributed by atoms with Gasteiger partial charge in [0.05, 0.1) is 25.4 Å². The molecule has 3 aromatic rings. The summed E-state index contributed by atoms with van der Waals surface area (Å²) in [6.45, 7) is 1.04. The molecular weight excluding hydrogens is 428 g/mol. The number of likely N-dealkylation sites (tertiary alicyclic amines) is 1. The number of hydrogen-bond acceptors (Lipinski definition) is 5. The van der Waals surface area contributed by atoms with E-state index in [1.165, 1.54) is 5.56 Å². The number of nitrogens with one attached hydrogen (secondary N) is 2. The summed E-state index contributed by atoms with van der Waals surface area (Å²) in [7, 11) is 5.54. The zero-order chi connectivity index (χ0) is 23.7. The maximum Gasteiger partial charge on any atom is 0.319 e. The zero-order valence-electron chi connectivity index (χ0n) is 20.0. The monoisotopic (exact) mass is 460 g/mol. The molecule has 3 atom stereocenters. The van der Waals surface area contributed by atoms with E-state index in [9.17, 15) is 4.79 Å². The first kappa shape index (κ1) is 22.5. The van der Waals surface area contributed by atoms with Gasteiger partial charge >= 0.3 is 6.03 Å². The Hall–Kier alpha value is -3.32. The minimum Gasteiger partial charge on any atom is -0.493 e. The van der Waals surface area contributed by atoms with E-state index in [2.05, 4.69) is 39.7 Å². The third-order valence-electron chi connectivity index (χ3n) is 7.72. The minimum absolute atomic E-state index is 0.0598. The lowest BCUT2D eigenvalue weighted by Gasteiger charge is -2.45. The van der Waals surface area contributed by atoms with Crippen molar-refractivity contribution in [2.75, 3.05) is 33.1 Å². The molecule has 0 unspecified atom stereocenters.